The third-order valence-corrected chi connectivity index (χ3v) is 8.08. The monoisotopic (exact) mass is 618 g/mol. The smallest absolute Gasteiger partial charge is 0.303 e. The fourth-order valence-electron chi connectivity index (χ4n) is 4.71. The fraction of sp³-hybridized carbons (Fsp3) is 0.355. The number of fused-ring (bicyclic) bond motifs is 1. The maximum atomic E-state index is 13.9. The van der Waals surface area contributed by atoms with Crippen molar-refractivity contribution in [3.8, 4) is 17.2 Å². The molecule has 0 bridgehead atoms. The summed E-state index contributed by atoms with van der Waals surface area (Å²) in [7, 11) is 4.87. The zero-order valence-electron chi connectivity index (χ0n) is 24.3. The summed E-state index contributed by atoms with van der Waals surface area (Å²) in [5.41, 5.74) is 2.87. The highest BCUT2D eigenvalue weighted by molar-refractivity contribution is 7.99. The van der Waals surface area contributed by atoms with E-state index in [1.165, 1.54) is 24.2 Å². The van der Waals surface area contributed by atoms with Crippen molar-refractivity contribution in [1.82, 2.24) is 5.32 Å². The summed E-state index contributed by atoms with van der Waals surface area (Å²) in [6.07, 6.45) is 0.840. The molecule has 0 fully saturated rings. The van der Waals surface area contributed by atoms with Crippen LogP contribution >= 0.6 is 24.2 Å². The van der Waals surface area contributed by atoms with E-state index in [-0.39, 0.29) is 23.8 Å². The van der Waals surface area contributed by atoms with Crippen LogP contribution in [0.4, 0.5) is 5.69 Å². The predicted molar refractivity (Wildman–Crippen MR) is 168 cm³/mol. The van der Waals surface area contributed by atoms with Gasteiger partial charge in [-0.1, -0.05) is 30.3 Å². The number of methoxy groups -OCH3 is 3. The van der Waals surface area contributed by atoms with Gasteiger partial charge < -0.3 is 34.6 Å². The summed E-state index contributed by atoms with van der Waals surface area (Å²) in [6.45, 7) is 3.16. The number of para-hydroxylation sites is 1. The van der Waals surface area contributed by atoms with Gasteiger partial charge >= 0.3 is 5.97 Å². The highest BCUT2D eigenvalue weighted by Crippen LogP contribution is 2.46. The first kappa shape index (κ1) is 34.8. The van der Waals surface area contributed by atoms with E-state index in [4.69, 9.17) is 18.9 Å². The molecule has 9 nitrogen and oxygen atoms in total. The van der Waals surface area contributed by atoms with Crippen LogP contribution in [-0.4, -0.2) is 64.4 Å². The third-order valence-electron chi connectivity index (χ3n) is 6.71. The number of esters is 1. The number of anilines is 1. The minimum absolute atomic E-state index is 0. The summed E-state index contributed by atoms with van der Waals surface area (Å²) < 4.78 is 21.7. The van der Waals surface area contributed by atoms with Crippen molar-refractivity contribution in [1.29, 1.82) is 0 Å². The van der Waals surface area contributed by atoms with Crippen molar-refractivity contribution >= 4 is 41.7 Å². The molecular formula is C31H39ClN2O7S. The van der Waals surface area contributed by atoms with Crippen LogP contribution in [0.25, 0.3) is 0 Å². The van der Waals surface area contributed by atoms with Crippen molar-refractivity contribution in [3.63, 3.8) is 0 Å². The van der Waals surface area contributed by atoms with Gasteiger partial charge in [0.2, 0.25) is 0 Å². The molecule has 0 saturated carbocycles. The molecule has 0 spiro atoms. The SMILES string of the molecule is COc1ccc(C2Sc3ccccc3N(CCNCCCc3ccc(OC)c(OC)c3)C(=O)C2OC(C)=O)cc1.Cl.O. The Kier molecular flexibility index (Phi) is 14.0. The third kappa shape index (κ3) is 8.54. The average molecular weight is 619 g/mol. The quantitative estimate of drug-likeness (QED) is 0.230. The maximum Gasteiger partial charge on any atom is 0.303 e. The zero-order chi connectivity index (χ0) is 28.5. The van der Waals surface area contributed by atoms with E-state index in [0.717, 1.165) is 47.0 Å². The van der Waals surface area contributed by atoms with Gasteiger partial charge in [-0.2, -0.15) is 0 Å². The van der Waals surface area contributed by atoms with Gasteiger partial charge in [0.25, 0.3) is 5.91 Å². The first-order chi connectivity index (χ1) is 19.4. The molecular weight excluding hydrogens is 580 g/mol. The summed E-state index contributed by atoms with van der Waals surface area (Å²) >= 11 is 1.53. The Morgan fingerprint density at radius 1 is 0.929 bits per heavy atom. The number of halogens is 1. The lowest BCUT2D eigenvalue weighted by atomic mass is 10.1. The van der Waals surface area contributed by atoms with Gasteiger partial charge in [-0.05, 0) is 66.9 Å². The van der Waals surface area contributed by atoms with E-state index < -0.39 is 17.3 Å². The van der Waals surface area contributed by atoms with Gasteiger partial charge in [-0.15, -0.1) is 24.2 Å². The van der Waals surface area contributed by atoms with Crippen molar-refractivity contribution in [2.24, 2.45) is 0 Å². The standard InChI is InChI=1S/C31H36N2O6S.ClH.H2O/c1-21(34)39-29-30(23-12-14-24(36-2)15-13-23)40-28-10-6-5-9-25(28)33(31(29)35)19-18-32-17-7-8-22-11-16-26(37-3)27(20-22)38-4;;/h5-6,9-16,20,29-30,32H,7-8,17-19H2,1-4H3;1H;1H2. The number of hydrogen-bond acceptors (Lipinski definition) is 8. The molecule has 3 aromatic carbocycles. The number of rotatable bonds is 12. The van der Waals surface area contributed by atoms with Crippen LogP contribution in [0.1, 0.15) is 29.7 Å². The number of carbonyl (C=O) groups excluding carboxylic acids is 2. The molecule has 4 rings (SSSR count). The lowest BCUT2D eigenvalue weighted by Gasteiger charge is -2.27. The Bertz CT molecular complexity index is 1310. The molecule has 228 valence electrons. The number of thioether (sulfide) groups is 1. The number of nitrogens with one attached hydrogen (secondary N) is 1. The van der Waals surface area contributed by atoms with E-state index in [0.29, 0.717) is 18.8 Å². The number of carbonyl (C=O) groups is 2. The summed E-state index contributed by atoms with van der Waals surface area (Å²) in [5, 5.41) is 3.06. The van der Waals surface area contributed by atoms with Crippen molar-refractivity contribution in [3.05, 3.63) is 77.9 Å². The van der Waals surface area contributed by atoms with Gasteiger partial charge in [0.15, 0.2) is 17.6 Å². The van der Waals surface area contributed by atoms with Crippen LogP contribution < -0.4 is 24.4 Å². The van der Waals surface area contributed by atoms with Gasteiger partial charge in [-0.25, -0.2) is 0 Å². The second-order valence-electron chi connectivity index (χ2n) is 9.34. The molecule has 1 heterocycles. The normalized spacial score (nSPS) is 15.8. The van der Waals surface area contributed by atoms with Crippen LogP contribution in [-0.2, 0) is 20.7 Å². The van der Waals surface area contributed by atoms with Crippen LogP contribution in [0.3, 0.4) is 0 Å². The number of nitrogens with zero attached hydrogens (tertiary/aromatic N) is 1. The fourth-order valence-corrected chi connectivity index (χ4v) is 6.03. The summed E-state index contributed by atoms with van der Waals surface area (Å²) in [4.78, 5) is 28.7. The molecule has 0 aromatic heterocycles. The minimum Gasteiger partial charge on any atom is -0.497 e. The van der Waals surface area contributed by atoms with Crippen molar-refractivity contribution < 1.29 is 34.0 Å². The maximum absolute atomic E-state index is 13.9. The molecule has 11 heteroatoms. The molecule has 0 aliphatic carbocycles. The number of ether oxygens (including phenoxy) is 4. The number of benzene rings is 3. The zero-order valence-corrected chi connectivity index (χ0v) is 25.9. The van der Waals surface area contributed by atoms with Crippen LogP contribution in [0.2, 0.25) is 0 Å². The molecule has 0 saturated heterocycles. The molecule has 1 aliphatic rings. The molecule has 0 radical (unpaired) electrons. The Morgan fingerprint density at radius 2 is 1.64 bits per heavy atom. The topological polar surface area (TPSA) is 118 Å². The largest absolute Gasteiger partial charge is 0.497 e. The van der Waals surface area contributed by atoms with E-state index in [1.807, 2.05) is 66.7 Å². The van der Waals surface area contributed by atoms with E-state index >= 15 is 0 Å². The summed E-state index contributed by atoms with van der Waals surface area (Å²) in [6, 6.07) is 21.3. The van der Waals surface area contributed by atoms with Gasteiger partial charge in [0, 0.05) is 24.9 Å². The van der Waals surface area contributed by atoms with Crippen LogP contribution in [0, 0.1) is 0 Å². The van der Waals surface area contributed by atoms with Crippen LogP contribution in [0.5, 0.6) is 17.2 Å². The Balaban J connectivity index is 0.00000308. The van der Waals surface area contributed by atoms with E-state index in [9.17, 15) is 9.59 Å². The first-order valence-electron chi connectivity index (χ1n) is 13.2. The van der Waals surface area contributed by atoms with E-state index in [1.54, 1.807) is 26.2 Å². The van der Waals surface area contributed by atoms with E-state index in [2.05, 4.69) is 5.32 Å². The Labute approximate surface area is 257 Å². The molecule has 2 atom stereocenters. The lowest BCUT2D eigenvalue weighted by Crippen LogP contribution is -2.45. The highest BCUT2D eigenvalue weighted by atomic mass is 35.5. The van der Waals surface area contributed by atoms with Crippen molar-refractivity contribution in [2.75, 3.05) is 45.9 Å². The minimum atomic E-state index is -0.964. The Hall–Kier alpha value is -3.44. The molecule has 3 N–H and O–H groups in total. The second-order valence-corrected chi connectivity index (χ2v) is 10.5. The molecule has 1 aliphatic heterocycles. The van der Waals surface area contributed by atoms with Gasteiger partial charge in [-0.3, -0.25) is 9.59 Å². The highest BCUT2D eigenvalue weighted by Gasteiger charge is 2.40. The van der Waals surface area contributed by atoms with Gasteiger partial charge in [0.1, 0.15) is 5.75 Å². The second kappa shape index (κ2) is 16.9. The Morgan fingerprint density at radius 3 is 2.31 bits per heavy atom. The predicted octanol–water partition coefficient (Wildman–Crippen LogP) is 4.64. The van der Waals surface area contributed by atoms with Gasteiger partial charge in [0.05, 0.1) is 32.3 Å². The first-order valence-corrected chi connectivity index (χ1v) is 14.1. The average Bonchev–Trinajstić information content (AvgIpc) is 3.09. The molecule has 42 heavy (non-hydrogen) atoms. The van der Waals surface area contributed by atoms with Crippen LogP contribution in [0.15, 0.2) is 71.6 Å². The molecule has 2 unspecified atom stereocenters. The number of hydrogen-bond donors (Lipinski definition) is 1. The number of aryl methyl sites for hydroxylation is 1. The van der Waals surface area contributed by atoms with Crippen molar-refractivity contribution in [2.45, 2.75) is 36.0 Å². The lowest BCUT2D eigenvalue weighted by molar-refractivity contribution is -0.152. The molecule has 3 aromatic rings. The molecule has 1 amide bonds. The number of amides is 1. The summed E-state index contributed by atoms with van der Waals surface area (Å²) in [5.74, 6) is 1.43.